The first-order valence-electron chi connectivity index (χ1n) is 25.7. The number of hydrogen-bond donors (Lipinski definition) is 3. The molecule has 6 aromatic rings. The fraction of sp³-hybridized carbons (Fsp3) is 0.400. The lowest BCUT2D eigenvalue weighted by Crippen LogP contribution is -2.48. The molecule has 4 N–H and O–H groups in total. The number of carbonyl (C=O) groups is 1. The first-order valence-corrected chi connectivity index (χ1v) is 26.4. The van der Waals surface area contributed by atoms with Crippen LogP contribution < -0.4 is 40.5 Å². The number of alkyl halides is 6. The maximum Gasteiger partial charge on any atom is 0.416 e. The second kappa shape index (κ2) is 27.5. The summed E-state index contributed by atoms with van der Waals surface area (Å²) in [5, 5.41) is 6.71. The summed E-state index contributed by atoms with van der Waals surface area (Å²) in [4.78, 5) is 37.0. The van der Waals surface area contributed by atoms with Crippen molar-refractivity contribution >= 4 is 118 Å². The minimum Gasteiger partial charge on any atom is -0.475 e. The summed E-state index contributed by atoms with van der Waals surface area (Å²) in [6, 6.07) is 23.3. The molecule has 4 saturated heterocycles. The second-order valence-corrected chi connectivity index (χ2v) is 21.4. The van der Waals surface area contributed by atoms with Crippen LogP contribution in [0, 0.1) is 0 Å². The van der Waals surface area contributed by atoms with Gasteiger partial charge in [-0.1, -0.05) is 59.6 Å². The number of nitrogens with zero attached hydrogens (tertiary/aromatic N) is 7. The predicted molar refractivity (Wildman–Crippen MR) is 331 cm³/mol. The van der Waals surface area contributed by atoms with Crippen molar-refractivity contribution in [3.05, 3.63) is 118 Å². The zero-order valence-corrected chi connectivity index (χ0v) is 51.2. The molecular weight excluding hydrogens is 1230 g/mol. The van der Waals surface area contributed by atoms with E-state index < -0.39 is 41.1 Å². The highest BCUT2D eigenvalue weighted by molar-refractivity contribution is 7.59. The fourth-order valence-electron chi connectivity index (χ4n) is 9.99. The van der Waals surface area contributed by atoms with Crippen molar-refractivity contribution < 1.29 is 59.6 Å². The number of pyridine rings is 4. The Labute approximate surface area is 519 Å². The number of nitrogens with one attached hydrogen (secondary N) is 2. The number of anilines is 6. The molecule has 2 aromatic carbocycles. The first kappa shape index (κ1) is 67.6. The Bertz CT molecular complexity index is 3270. The van der Waals surface area contributed by atoms with Crippen LogP contribution in [0.3, 0.4) is 0 Å². The average Bonchev–Trinajstić information content (AvgIpc) is 4.38. The van der Waals surface area contributed by atoms with Gasteiger partial charge >= 0.3 is 18.4 Å². The van der Waals surface area contributed by atoms with Crippen molar-refractivity contribution in [2.75, 3.05) is 83.7 Å². The smallest absolute Gasteiger partial charge is 0.416 e. The van der Waals surface area contributed by atoms with Gasteiger partial charge < -0.3 is 49.3 Å². The Morgan fingerprint density at radius 3 is 1.74 bits per heavy atom. The van der Waals surface area contributed by atoms with Gasteiger partial charge in [-0.2, -0.15) is 90.3 Å². The quantitative estimate of drug-likeness (QED) is 0.116. The Balaban J connectivity index is 0.000000222. The Morgan fingerprint density at radius 2 is 1.19 bits per heavy atom. The van der Waals surface area contributed by atoms with E-state index in [-0.39, 0.29) is 101 Å². The van der Waals surface area contributed by atoms with E-state index in [0.717, 1.165) is 49.5 Å². The van der Waals surface area contributed by atoms with Gasteiger partial charge in [0.2, 0.25) is 11.8 Å². The molecule has 6 aliphatic rings. The van der Waals surface area contributed by atoms with E-state index in [2.05, 4.69) is 40.4 Å². The van der Waals surface area contributed by atoms with Crippen LogP contribution in [0.1, 0.15) is 51.7 Å². The molecule has 4 aromatic heterocycles. The van der Waals surface area contributed by atoms with Crippen LogP contribution in [0.2, 0.25) is 10.0 Å². The van der Waals surface area contributed by atoms with Crippen molar-refractivity contribution in [1.82, 2.24) is 19.9 Å². The highest BCUT2D eigenvalue weighted by atomic mass is 35.5. The van der Waals surface area contributed by atoms with Crippen molar-refractivity contribution in [3.8, 4) is 34.3 Å². The maximum absolute atomic E-state index is 13.6. The molecule has 6 aliphatic heterocycles. The highest BCUT2D eigenvalue weighted by Gasteiger charge is 2.42. The molecule has 2 amide bonds. The Kier molecular flexibility index (Phi) is 22.1. The van der Waals surface area contributed by atoms with Gasteiger partial charge in [-0.3, -0.25) is 10.2 Å². The number of ether oxygens (including phenoxy) is 6. The Morgan fingerprint density at radius 1 is 0.679 bits per heavy atom. The highest BCUT2D eigenvalue weighted by Crippen LogP contribution is 2.45. The molecule has 4 fully saturated rings. The number of rotatable bonds is 9. The van der Waals surface area contributed by atoms with Crippen molar-refractivity contribution in [1.29, 1.82) is 0 Å². The average molecular weight is 1290 g/mol. The van der Waals surface area contributed by atoms with Crippen molar-refractivity contribution in [2.45, 2.75) is 88.8 Å². The molecule has 0 spiro atoms. The molecule has 0 aliphatic carbocycles. The predicted octanol–water partition coefficient (Wildman–Crippen LogP) is 12.0. The number of nitrogens with two attached hydrogens (primary N) is 1. The molecule has 84 heavy (non-hydrogen) atoms. The summed E-state index contributed by atoms with van der Waals surface area (Å²) >= 11 is 12.8. The maximum atomic E-state index is 13.6. The molecule has 0 unspecified atom stereocenters. The van der Waals surface area contributed by atoms with Crippen LogP contribution >= 0.6 is 77.2 Å². The third-order valence-electron chi connectivity index (χ3n) is 13.7. The minimum atomic E-state index is -4.52. The van der Waals surface area contributed by atoms with E-state index in [0.29, 0.717) is 96.6 Å². The van der Waals surface area contributed by atoms with E-state index in [1.807, 2.05) is 27.7 Å². The fourth-order valence-corrected chi connectivity index (χ4v) is 10.5. The lowest BCUT2D eigenvalue weighted by atomic mass is 10.1. The lowest BCUT2D eigenvalue weighted by molar-refractivity contribution is -0.142. The van der Waals surface area contributed by atoms with Crippen LogP contribution in [-0.4, -0.2) is 114 Å². The van der Waals surface area contributed by atoms with Gasteiger partial charge in [0.05, 0.1) is 63.2 Å². The molecule has 0 radical (unpaired) electrons. The number of benzene rings is 2. The minimum absolute atomic E-state index is 0. The van der Waals surface area contributed by atoms with Crippen molar-refractivity contribution in [3.63, 3.8) is 0 Å². The monoisotopic (exact) mass is 1290 g/mol. The summed E-state index contributed by atoms with van der Waals surface area (Å²) in [7, 11) is 0. The van der Waals surface area contributed by atoms with E-state index in [9.17, 15) is 31.1 Å². The molecule has 12 rings (SSSR count). The Hall–Kier alpha value is -5.49. The number of amides is 2. The summed E-state index contributed by atoms with van der Waals surface area (Å²) < 4.78 is 112. The van der Waals surface area contributed by atoms with Gasteiger partial charge in [0.1, 0.15) is 37.1 Å². The third-order valence-corrected chi connectivity index (χ3v) is 14.3. The van der Waals surface area contributed by atoms with Gasteiger partial charge in [-0.05, 0) is 89.1 Å². The van der Waals surface area contributed by atoms with Crippen LogP contribution in [0.5, 0.6) is 11.8 Å². The molecule has 4 bridgehead atoms. The normalized spacial score (nSPS) is 20.1. The van der Waals surface area contributed by atoms with Gasteiger partial charge in [0.15, 0.2) is 23.2 Å². The van der Waals surface area contributed by atoms with Crippen LogP contribution in [0.25, 0.3) is 22.5 Å². The zero-order chi connectivity index (χ0) is 56.7. The molecule has 10 heterocycles. The summed E-state index contributed by atoms with van der Waals surface area (Å²) in [6.07, 6.45) is -7.50. The number of nitrogen functional groups attached to an aromatic ring is 1. The van der Waals surface area contributed by atoms with E-state index in [1.54, 1.807) is 54.6 Å². The molecule has 4 atom stereocenters. The molecule has 29 heteroatoms. The zero-order valence-electron chi connectivity index (χ0n) is 45.7. The molecular formula is C55H64Cl2F6N10O7S4. The summed E-state index contributed by atoms with van der Waals surface area (Å²) in [6.45, 7) is 12.1. The molecule has 17 nitrogen and oxygen atoms in total. The standard InChI is InChI=1S/C28H27ClF3N5O4.C16H13ClF3N3.C11H16N2O3.4H2S/c1-27(2)40-15-19(41-27)14-39-23-8-4-7-22(33-23)34-26(38)37-18-9-10-36(13-18)21-12-20(29)24(35-25(21)37)16-5-3-6-17(11-16)28(30,31)32;17-12-7-13-15(21-11-4-5-23(13)8-11)22-14(12)9-2-1-3-10(6-9)16(18,19)20;1-11(2)15-7-8(16-11)6-14-10-5-3-4-9(12)13-10;;;;/h3-8,11-12,18-19H,9-10,13-15H2,1-2H3,(H,33,34,38);1-3,6-7,11H,4-5,8H2,(H,21,22);3-5,8H,6-7H2,1-2H3,(H2,12,13);4*1H2/t18-,19-;11-;8-;;;;/m000..../s1. The van der Waals surface area contributed by atoms with Crippen LogP contribution in [0.4, 0.5) is 65.8 Å². The van der Waals surface area contributed by atoms with Gasteiger partial charge in [0.25, 0.3) is 0 Å². The lowest BCUT2D eigenvalue weighted by Gasteiger charge is -2.36. The topological polar surface area (TPSA) is 184 Å². The third kappa shape index (κ3) is 16.1. The largest absolute Gasteiger partial charge is 0.475 e. The second-order valence-electron chi connectivity index (χ2n) is 20.6. The van der Waals surface area contributed by atoms with Gasteiger partial charge in [-0.15, -0.1) is 0 Å². The van der Waals surface area contributed by atoms with Gasteiger partial charge in [0, 0.05) is 55.5 Å². The number of fused-ring (bicyclic) bond motifs is 8. The number of hydrogen-bond acceptors (Lipinski definition) is 15. The van der Waals surface area contributed by atoms with Crippen LogP contribution in [-0.2, 0) is 31.3 Å². The van der Waals surface area contributed by atoms with E-state index in [4.69, 9.17) is 57.4 Å². The number of halogens is 8. The molecule has 456 valence electrons. The number of carbonyl (C=O) groups excluding carboxylic acids is 1. The first-order chi connectivity index (χ1) is 37.9. The number of aromatic nitrogens is 4. The SMILES string of the molecule is CC1(C)OC[C@H](COc2cccc(N)n2)O1.CC1(C)OC[C@H](COc2cccc(NC(=O)N3c4nc(-c5cccc(C(F)(F)F)c5)c(Cl)cc4N4CC[C@H]3C4)n2)O1.FC(F)(F)c1cccc(-c2nc3c(cc2Cl)N2CC[C@@H](C2)N3)c1.S.S.S.S. The van der Waals surface area contributed by atoms with Gasteiger partial charge in [-0.25, -0.2) is 14.8 Å². The summed E-state index contributed by atoms with van der Waals surface area (Å²) in [5.41, 5.74) is 6.67. The van der Waals surface area contributed by atoms with Crippen LogP contribution in [0.15, 0.2) is 97.1 Å². The van der Waals surface area contributed by atoms with Crippen molar-refractivity contribution in [2.24, 2.45) is 0 Å². The molecule has 0 saturated carbocycles. The van der Waals surface area contributed by atoms with E-state index >= 15 is 0 Å². The van der Waals surface area contributed by atoms with E-state index in [1.165, 1.54) is 23.1 Å². The number of urea groups is 1. The summed E-state index contributed by atoms with van der Waals surface area (Å²) in [5.74, 6) is 1.35.